The summed E-state index contributed by atoms with van der Waals surface area (Å²) in [6, 6.07) is 1.82. The molecule has 3 amide bonds. The van der Waals surface area contributed by atoms with E-state index in [4.69, 9.17) is 4.63 Å². The molecule has 1 saturated carbocycles. The van der Waals surface area contributed by atoms with E-state index < -0.39 is 0 Å². The zero-order valence-electron chi connectivity index (χ0n) is 15.0. The summed E-state index contributed by atoms with van der Waals surface area (Å²) in [5.74, 6) is -0.0450. The van der Waals surface area contributed by atoms with Crippen molar-refractivity contribution in [3.05, 3.63) is 41.1 Å². The quantitative estimate of drug-likeness (QED) is 0.633. The number of carbonyl (C=O) groups is 2. The first-order valence-electron chi connectivity index (χ1n) is 9.14. The minimum Gasteiger partial charge on any atom is -0.345 e. The van der Waals surface area contributed by atoms with Gasteiger partial charge in [-0.2, -0.15) is 5.10 Å². The van der Waals surface area contributed by atoms with Crippen LogP contribution in [0.3, 0.4) is 0 Å². The fourth-order valence-electron chi connectivity index (χ4n) is 3.25. The van der Waals surface area contributed by atoms with Crippen LogP contribution >= 0.6 is 0 Å². The molecule has 5 rings (SSSR count). The molecule has 11 nitrogen and oxygen atoms in total. The lowest BCUT2D eigenvalue weighted by molar-refractivity contribution is 0.0940. The highest BCUT2D eigenvalue weighted by Crippen LogP contribution is 2.40. The van der Waals surface area contributed by atoms with Crippen molar-refractivity contribution in [2.45, 2.75) is 31.8 Å². The van der Waals surface area contributed by atoms with Crippen LogP contribution in [-0.4, -0.2) is 54.8 Å². The predicted octanol–water partition coefficient (Wildman–Crippen LogP) is 0.445. The van der Waals surface area contributed by atoms with Crippen molar-refractivity contribution in [1.29, 1.82) is 0 Å². The first-order chi connectivity index (χ1) is 13.7. The fourth-order valence-corrected chi connectivity index (χ4v) is 3.25. The Kier molecular flexibility index (Phi) is 3.92. The van der Waals surface area contributed by atoms with Crippen LogP contribution in [0.5, 0.6) is 0 Å². The highest BCUT2D eigenvalue weighted by atomic mass is 16.6. The molecule has 3 aromatic rings. The van der Waals surface area contributed by atoms with E-state index >= 15 is 0 Å². The lowest BCUT2D eigenvalue weighted by Gasteiger charge is -2.13. The number of rotatable bonds is 6. The third-order valence-electron chi connectivity index (χ3n) is 4.87. The van der Waals surface area contributed by atoms with Crippen LogP contribution in [0, 0.1) is 0 Å². The SMILES string of the molecule is O=C(NCc1cn2ncc(CN3CCNC3=O)cc2n1)c1nonc1C1CC1. The smallest absolute Gasteiger partial charge is 0.317 e. The van der Waals surface area contributed by atoms with Crippen LogP contribution < -0.4 is 10.6 Å². The Bertz CT molecular complexity index is 1050. The van der Waals surface area contributed by atoms with Crippen LogP contribution in [0.1, 0.15) is 46.2 Å². The number of nitrogens with one attached hydrogen (secondary N) is 2. The monoisotopic (exact) mass is 382 g/mol. The first kappa shape index (κ1) is 16.7. The van der Waals surface area contributed by atoms with Gasteiger partial charge in [0.1, 0.15) is 5.69 Å². The number of nitrogens with zero attached hydrogens (tertiary/aromatic N) is 6. The Labute approximate surface area is 159 Å². The summed E-state index contributed by atoms with van der Waals surface area (Å²) < 4.78 is 6.36. The molecule has 4 heterocycles. The summed E-state index contributed by atoms with van der Waals surface area (Å²) >= 11 is 0. The average Bonchev–Trinajstić information content (AvgIpc) is 3.09. The molecule has 1 aliphatic heterocycles. The van der Waals surface area contributed by atoms with E-state index in [9.17, 15) is 9.59 Å². The molecule has 3 aromatic heterocycles. The van der Waals surface area contributed by atoms with Crippen LogP contribution in [0.2, 0.25) is 0 Å². The third kappa shape index (κ3) is 3.15. The Morgan fingerprint density at radius 1 is 1.36 bits per heavy atom. The van der Waals surface area contributed by atoms with Crippen molar-refractivity contribution in [3.8, 4) is 0 Å². The summed E-state index contributed by atoms with van der Waals surface area (Å²) in [5.41, 5.74) is 3.10. The molecule has 144 valence electrons. The predicted molar refractivity (Wildman–Crippen MR) is 94.2 cm³/mol. The molecule has 2 N–H and O–H groups in total. The molecule has 2 aliphatic rings. The molecular formula is C17H18N8O3. The van der Waals surface area contributed by atoms with Gasteiger partial charge in [0.15, 0.2) is 11.3 Å². The van der Waals surface area contributed by atoms with Gasteiger partial charge >= 0.3 is 6.03 Å². The number of hydrogen-bond donors (Lipinski definition) is 2. The van der Waals surface area contributed by atoms with Crippen molar-refractivity contribution in [1.82, 2.24) is 40.4 Å². The third-order valence-corrected chi connectivity index (χ3v) is 4.87. The van der Waals surface area contributed by atoms with Crippen LogP contribution in [0.25, 0.3) is 5.65 Å². The van der Waals surface area contributed by atoms with Gasteiger partial charge in [-0.25, -0.2) is 18.9 Å². The Morgan fingerprint density at radius 3 is 3.04 bits per heavy atom. The highest BCUT2D eigenvalue weighted by molar-refractivity contribution is 5.93. The van der Waals surface area contributed by atoms with E-state index in [0.29, 0.717) is 36.7 Å². The van der Waals surface area contributed by atoms with Crippen molar-refractivity contribution in [3.63, 3.8) is 0 Å². The molecule has 0 bridgehead atoms. The van der Waals surface area contributed by atoms with E-state index in [2.05, 4.69) is 31.0 Å². The van der Waals surface area contributed by atoms with E-state index in [1.807, 2.05) is 6.07 Å². The minimum atomic E-state index is -0.325. The topological polar surface area (TPSA) is 131 Å². The molecule has 0 spiro atoms. The molecule has 28 heavy (non-hydrogen) atoms. The minimum absolute atomic E-state index is 0.0699. The summed E-state index contributed by atoms with van der Waals surface area (Å²) in [6.07, 6.45) is 5.48. The molecule has 0 aromatic carbocycles. The number of fused-ring (bicyclic) bond motifs is 1. The van der Waals surface area contributed by atoms with Gasteiger partial charge < -0.3 is 15.5 Å². The lowest BCUT2D eigenvalue weighted by Crippen LogP contribution is -2.27. The number of hydrogen-bond acceptors (Lipinski definition) is 7. The highest BCUT2D eigenvalue weighted by Gasteiger charge is 2.33. The molecule has 2 fully saturated rings. The standard InChI is InChI=1S/C17H18N8O3/c26-16(15-14(11-1-2-11)22-28-23-15)19-7-12-9-25-13(21-12)5-10(6-20-25)8-24-4-3-18-17(24)27/h5-6,9,11H,1-4,7-8H2,(H,18,27)(H,19,26). The second-order valence-electron chi connectivity index (χ2n) is 7.01. The molecular weight excluding hydrogens is 364 g/mol. The lowest BCUT2D eigenvalue weighted by atomic mass is 10.2. The first-order valence-corrected chi connectivity index (χ1v) is 9.14. The zero-order chi connectivity index (χ0) is 19.1. The van der Waals surface area contributed by atoms with E-state index in [1.54, 1.807) is 21.8 Å². The van der Waals surface area contributed by atoms with Gasteiger partial charge in [0, 0.05) is 25.6 Å². The van der Waals surface area contributed by atoms with Gasteiger partial charge in [-0.15, -0.1) is 0 Å². The Hall–Kier alpha value is -3.50. The second-order valence-corrected chi connectivity index (χ2v) is 7.01. The van der Waals surface area contributed by atoms with Crippen LogP contribution in [0.4, 0.5) is 4.79 Å². The van der Waals surface area contributed by atoms with E-state index in [1.165, 1.54) is 0 Å². The molecule has 0 unspecified atom stereocenters. The normalized spacial score (nSPS) is 16.6. The summed E-state index contributed by atoms with van der Waals surface area (Å²) in [6.45, 7) is 2.06. The van der Waals surface area contributed by atoms with Crippen molar-refractivity contribution >= 4 is 17.6 Å². The largest absolute Gasteiger partial charge is 0.345 e. The maximum absolute atomic E-state index is 12.4. The molecule has 0 radical (unpaired) electrons. The van der Waals surface area contributed by atoms with Crippen LogP contribution in [-0.2, 0) is 13.1 Å². The summed E-state index contributed by atoms with van der Waals surface area (Å²) in [4.78, 5) is 30.3. The number of amides is 3. The maximum Gasteiger partial charge on any atom is 0.317 e. The van der Waals surface area contributed by atoms with Crippen molar-refractivity contribution in [2.75, 3.05) is 13.1 Å². The summed E-state index contributed by atoms with van der Waals surface area (Å²) in [5, 5.41) is 17.5. The van der Waals surface area contributed by atoms with E-state index in [-0.39, 0.29) is 30.1 Å². The molecule has 1 saturated heterocycles. The fraction of sp³-hybridized carbons (Fsp3) is 0.412. The van der Waals surface area contributed by atoms with Crippen molar-refractivity contribution < 1.29 is 14.2 Å². The van der Waals surface area contributed by atoms with Gasteiger partial charge in [-0.3, -0.25) is 4.79 Å². The van der Waals surface area contributed by atoms with Gasteiger partial charge in [-0.05, 0) is 29.6 Å². The average molecular weight is 382 g/mol. The second kappa shape index (κ2) is 6.59. The van der Waals surface area contributed by atoms with Gasteiger partial charge in [0.25, 0.3) is 5.91 Å². The summed E-state index contributed by atoms with van der Waals surface area (Å²) in [7, 11) is 0. The number of carbonyl (C=O) groups excluding carboxylic acids is 2. The van der Waals surface area contributed by atoms with Gasteiger partial charge in [0.2, 0.25) is 0 Å². The van der Waals surface area contributed by atoms with Crippen LogP contribution in [0.15, 0.2) is 23.1 Å². The van der Waals surface area contributed by atoms with Crippen molar-refractivity contribution in [2.24, 2.45) is 0 Å². The van der Waals surface area contributed by atoms with Gasteiger partial charge in [-0.1, -0.05) is 5.16 Å². The molecule has 0 atom stereocenters. The number of aromatic nitrogens is 5. The van der Waals surface area contributed by atoms with Gasteiger partial charge in [0.05, 0.1) is 24.6 Å². The number of urea groups is 1. The Morgan fingerprint density at radius 2 is 2.25 bits per heavy atom. The zero-order valence-corrected chi connectivity index (χ0v) is 15.0. The molecule has 11 heteroatoms. The van der Waals surface area contributed by atoms with E-state index in [0.717, 1.165) is 18.4 Å². The Balaban J connectivity index is 1.26. The maximum atomic E-state index is 12.4. The molecule has 1 aliphatic carbocycles. The number of imidazole rings is 1.